The van der Waals surface area contributed by atoms with Crippen LogP contribution in [0.4, 0.5) is 0 Å². The number of halogens is 2. The van der Waals surface area contributed by atoms with Crippen LogP contribution in [0.5, 0.6) is 5.75 Å². The van der Waals surface area contributed by atoms with Gasteiger partial charge in [0.15, 0.2) is 0 Å². The molecule has 1 aromatic rings. The monoisotopic (exact) mass is 233 g/mol. The van der Waals surface area contributed by atoms with Crippen LogP contribution in [0.3, 0.4) is 0 Å². The quantitative estimate of drug-likeness (QED) is 0.853. The highest BCUT2D eigenvalue weighted by Gasteiger charge is 2.40. The zero-order chi connectivity index (χ0) is 9.47. The van der Waals surface area contributed by atoms with Crippen LogP contribution in [0.15, 0.2) is 18.2 Å². The SMILES string of the molecule is COc1cc(Cl)cc(C2(N)CC2)c1.Cl. The van der Waals surface area contributed by atoms with E-state index in [1.807, 2.05) is 12.1 Å². The molecule has 0 heterocycles. The van der Waals surface area contributed by atoms with Crippen LogP contribution in [-0.4, -0.2) is 7.11 Å². The minimum atomic E-state index is -0.141. The van der Waals surface area contributed by atoms with E-state index in [0.717, 1.165) is 24.2 Å². The van der Waals surface area contributed by atoms with Gasteiger partial charge in [-0.15, -0.1) is 12.4 Å². The van der Waals surface area contributed by atoms with E-state index < -0.39 is 0 Å². The minimum Gasteiger partial charge on any atom is -0.497 e. The number of methoxy groups -OCH3 is 1. The van der Waals surface area contributed by atoms with Gasteiger partial charge in [0.25, 0.3) is 0 Å². The predicted octanol–water partition coefficient (Wildman–Crippen LogP) is 2.72. The van der Waals surface area contributed by atoms with Gasteiger partial charge in [0.2, 0.25) is 0 Å². The second kappa shape index (κ2) is 3.97. The van der Waals surface area contributed by atoms with Crippen molar-refractivity contribution in [3.63, 3.8) is 0 Å². The van der Waals surface area contributed by atoms with Crippen molar-refractivity contribution in [3.8, 4) is 5.75 Å². The van der Waals surface area contributed by atoms with E-state index in [1.165, 1.54) is 0 Å². The standard InChI is InChI=1S/C10H12ClNO.ClH/c1-13-9-5-7(4-8(11)6-9)10(12)2-3-10;/h4-6H,2-3,12H2,1H3;1H. The molecular weight excluding hydrogens is 221 g/mol. The lowest BCUT2D eigenvalue weighted by Gasteiger charge is -2.11. The van der Waals surface area contributed by atoms with E-state index in [9.17, 15) is 0 Å². The largest absolute Gasteiger partial charge is 0.497 e. The zero-order valence-corrected chi connectivity index (χ0v) is 9.49. The first-order valence-electron chi connectivity index (χ1n) is 4.28. The molecule has 2 N–H and O–H groups in total. The second-order valence-electron chi connectivity index (χ2n) is 3.54. The van der Waals surface area contributed by atoms with E-state index in [-0.39, 0.29) is 17.9 Å². The van der Waals surface area contributed by atoms with E-state index in [1.54, 1.807) is 13.2 Å². The average Bonchev–Trinajstić information content (AvgIpc) is 2.84. The minimum absolute atomic E-state index is 0. The Morgan fingerprint density at radius 3 is 2.50 bits per heavy atom. The molecule has 1 fully saturated rings. The summed E-state index contributed by atoms with van der Waals surface area (Å²) in [5.74, 6) is 0.777. The Morgan fingerprint density at radius 2 is 2.00 bits per heavy atom. The molecule has 0 saturated heterocycles. The molecule has 0 aliphatic heterocycles. The summed E-state index contributed by atoms with van der Waals surface area (Å²) in [6.45, 7) is 0. The summed E-state index contributed by atoms with van der Waals surface area (Å²) in [4.78, 5) is 0. The fourth-order valence-electron chi connectivity index (χ4n) is 1.39. The molecule has 14 heavy (non-hydrogen) atoms. The highest BCUT2D eigenvalue weighted by molar-refractivity contribution is 6.30. The molecule has 0 atom stereocenters. The maximum atomic E-state index is 6.05. The van der Waals surface area contributed by atoms with Gasteiger partial charge in [-0.1, -0.05) is 11.6 Å². The summed E-state index contributed by atoms with van der Waals surface area (Å²) in [5.41, 5.74) is 6.99. The van der Waals surface area contributed by atoms with E-state index in [0.29, 0.717) is 5.02 Å². The Hall–Kier alpha value is -0.440. The molecule has 0 aromatic heterocycles. The van der Waals surface area contributed by atoms with Gasteiger partial charge in [0, 0.05) is 10.6 Å². The lowest BCUT2D eigenvalue weighted by Crippen LogP contribution is -2.18. The first-order valence-corrected chi connectivity index (χ1v) is 4.66. The van der Waals surface area contributed by atoms with Crippen LogP contribution < -0.4 is 10.5 Å². The van der Waals surface area contributed by atoms with Crippen molar-refractivity contribution in [3.05, 3.63) is 28.8 Å². The van der Waals surface area contributed by atoms with Crippen LogP contribution in [0.25, 0.3) is 0 Å². The topological polar surface area (TPSA) is 35.2 Å². The van der Waals surface area contributed by atoms with Gasteiger partial charge in [-0.25, -0.2) is 0 Å². The molecule has 0 bridgehead atoms. The Kier molecular flexibility index (Phi) is 3.30. The Balaban J connectivity index is 0.000000980. The number of ether oxygens (including phenoxy) is 1. The highest BCUT2D eigenvalue weighted by Crippen LogP contribution is 2.44. The lowest BCUT2D eigenvalue weighted by molar-refractivity contribution is 0.413. The van der Waals surface area contributed by atoms with Crippen molar-refractivity contribution >= 4 is 24.0 Å². The zero-order valence-electron chi connectivity index (χ0n) is 7.92. The summed E-state index contributed by atoms with van der Waals surface area (Å²) in [7, 11) is 1.63. The third-order valence-corrected chi connectivity index (χ3v) is 2.69. The maximum absolute atomic E-state index is 6.05. The van der Waals surface area contributed by atoms with Gasteiger partial charge in [-0.2, -0.15) is 0 Å². The average molecular weight is 234 g/mol. The molecule has 0 unspecified atom stereocenters. The number of hydrogen-bond acceptors (Lipinski definition) is 2. The molecule has 2 nitrogen and oxygen atoms in total. The maximum Gasteiger partial charge on any atom is 0.120 e. The van der Waals surface area contributed by atoms with Crippen molar-refractivity contribution in [2.75, 3.05) is 7.11 Å². The molecule has 78 valence electrons. The van der Waals surface area contributed by atoms with Crippen LogP contribution >= 0.6 is 24.0 Å². The van der Waals surface area contributed by atoms with Crippen LogP contribution in [0.2, 0.25) is 5.02 Å². The Morgan fingerprint density at radius 1 is 1.36 bits per heavy atom. The molecule has 0 spiro atoms. The highest BCUT2D eigenvalue weighted by atomic mass is 35.5. The Labute approximate surface area is 94.8 Å². The lowest BCUT2D eigenvalue weighted by atomic mass is 10.1. The summed E-state index contributed by atoms with van der Waals surface area (Å²) in [6, 6.07) is 5.66. The molecule has 2 rings (SSSR count). The first kappa shape index (κ1) is 11.6. The van der Waals surface area contributed by atoms with Crippen molar-refractivity contribution in [1.82, 2.24) is 0 Å². The third kappa shape index (κ3) is 2.14. The van der Waals surface area contributed by atoms with Crippen molar-refractivity contribution < 1.29 is 4.74 Å². The van der Waals surface area contributed by atoms with Gasteiger partial charge in [-0.05, 0) is 36.6 Å². The van der Waals surface area contributed by atoms with E-state index >= 15 is 0 Å². The van der Waals surface area contributed by atoms with Gasteiger partial charge in [-0.3, -0.25) is 0 Å². The van der Waals surface area contributed by atoms with E-state index in [2.05, 4.69) is 0 Å². The number of rotatable bonds is 2. The summed E-state index contributed by atoms with van der Waals surface area (Å²) in [6.07, 6.45) is 2.08. The van der Waals surface area contributed by atoms with Gasteiger partial charge < -0.3 is 10.5 Å². The summed E-state index contributed by atoms with van der Waals surface area (Å²) in [5, 5.41) is 0.686. The molecule has 0 radical (unpaired) electrons. The summed E-state index contributed by atoms with van der Waals surface area (Å²) >= 11 is 5.93. The molecule has 1 aliphatic carbocycles. The molecular formula is C10H13Cl2NO. The molecule has 1 aliphatic rings. The van der Waals surface area contributed by atoms with Crippen molar-refractivity contribution in [2.45, 2.75) is 18.4 Å². The fraction of sp³-hybridized carbons (Fsp3) is 0.400. The third-order valence-electron chi connectivity index (χ3n) is 2.47. The number of benzene rings is 1. The van der Waals surface area contributed by atoms with Crippen molar-refractivity contribution in [2.24, 2.45) is 5.73 Å². The molecule has 4 heteroatoms. The van der Waals surface area contributed by atoms with Gasteiger partial charge >= 0.3 is 0 Å². The van der Waals surface area contributed by atoms with Gasteiger partial charge in [0.05, 0.1) is 7.11 Å². The Bertz CT molecular complexity index is 337. The fourth-order valence-corrected chi connectivity index (χ4v) is 1.62. The second-order valence-corrected chi connectivity index (χ2v) is 3.97. The molecule has 1 saturated carbocycles. The number of nitrogens with two attached hydrogens (primary N) is 1. The summed E-state index contributed by atoms with van der Waals surface area (Å²) < 4.78 is 5.12. The van der Waals surface area contributed by atoms with Crippen LogP contribution in [0.1, 0.15) is 18.4 Å². The number of hydrogen-bond donors (Lipinski definition) is 1. The van der Waals surface area contributed by atoms with Crippen LogP contribution in [-0.2, 0) is 5.54 Å². The smallest absolute Gasteiger partial charge is 0.120 e. The normalized spacial score (nSPS) is 17.1. The van der Waals surface area contributed by atoms with Crippen LogP contribution in [0, 0.1) is 0 Å². The van der Waals surface area contributed by atoms with Gasteiger partial charge in [0.1, 0.15) is 5.75 Å². The first-order chi connectivity index (χ1) is 6.14. The predicted molar refractivity (Wildman–Crippen MR) is 60.4 cm³/mol. The molecule has 0 amide bonds. The van der Waals surface area contributed by atoms with E-state index in [4.69, 9.17) is 22.1 Å². The molecule has 1 aromatic carbocycles. The van der Waals surface area contributed by atoms with Crippen molar-refractivity contribution in [1.29, 1.82) is 0 Å².